The topological polar surface area (TPSA) is 63.7 Å². The Morgan fingerprint density at radius 1 is 1.25 bits per heavy atom. The molecule has 0 bridgehead atoms. The van der Waals surface area contributed by atoms with E-state index >= 15 is 0 Å². The van der Waals surface area contributed by atoms with Gasteiger partial charge in [0.1, 0.15) is 10.7 Å². The van der Waals surface area contributed by atoms with Crippen LogP contribution >= 0.6 is 22.7 Å². The van der Waals surface area contributed by atoms with Gasteiger partial charge >= 0.3 is 5.97 Å². The smallest absolute Gasteiger partial charge is 0.348 e. The molecule has 0 spiro atoms. The Balaban J connectivity index is 1.44. The maximum Gasteiger partial charge on any atom is 0.348 e. The minimum absolute atomic E-state index is 0.175. The molecule has 1 aliphatic heterocycles. The first kappa shape index (κ1) is 20.7. The molecule has 0 unspecified atom stereocenters. The molecule has 1 atom stereocenters. The Kier molecular flexibility index (Phi) is 7.39. The molecule has 0 aliphatic carbocycles. The summed E-state index contributed by atoms with van der Waals surface area (Å²) in [5, 5.41) is 1.99. The highest BCUT2D eigenvalue weighted by molar-refractivity contribution is 7.13. The largest absolute Gasteiger partial charge is 0.465 e. The minimum Gasteiger partial charge on any atom is -0.465 e. The van der Waals surface area contributed by atoms with Crippen molar-refractivity contribution < 1.29 is 19.1 Å². The molecule has 3 rings (SSSR count). The van der Waals surface area contributed by atoms with E-state index in [0.717, 1.165) is 35.4 Å². The van der Waals surface area contributed by atoms with Crippen molar-refractivity contribution in [1.82, 2.24) is 4.90 Å². The van der Waals surface area contributed by atoms with Gasteiger partial charge in [0, 0.05) is 41.6 Å². The van der Waals surface area contributed by atoms with Gasteiger partial charge < -0.3 is 9.64 Å². The number of amides is 1. The van der Waals surface area contributed by atoms with E-state index in [0.29, 0.717) is 30.7 Å². The second-order valence-electron chi connectivity index (χ2n) is 6.97. The zero-order chi connectivity index (χ0) is 19.9. The molecule has 1 fully saturated rings. The van der Waals surface area contributed by atoms with Crippen molar-refractivity contribution in [2.45, 2.75) is 51.0 Å². The molecule has 5 nitrogen and oxygen atoms in total. The summed E-state index contributed by atoms with van der Waals surface area (Å²) >= 11 is 3.05. The monoisotopic (exact) mass is 419 g/mol. The number of ketones is 1. The summed E-state index contributed by atoms with van der Waals surface area (Å²) < 4.78 is 4.73. The van der Waals surface area contributed by atoms with Crippen LogP contribution in [0.15, 0.2) is 29.6 Å². The average Bonchev–Trinajstić information content (AvgIpc) is 3.43. The highest BCUT2D eigenvalue weighted by Crippen LogP contribution is 2.25. The third kappa shape index (κ3) is 5.52. The molecular formula is C21H25NO4S2. The third-order valence-corrected chi connectivity index (χ3v) is 7.03. The van der Waals surface area contributed by atoms with Crippen molar-refractivity contribution in [3.8, 4) is 0 Å². The molecule has 1 amide bonds. The lowest BCUT2D eigenvalue weighted by molar-refractivity contribution is -0.129. The van der Waals surface area contributed by atoms with E-state index in [9.17, 15) is 14.4 Å². The van der Waals surface area contributed by atoms with Crippen LogP contribution in [0.25, 0.3) is 0 Å². The molecule has 0 N–H and O–H groups in total. The number of methoxy groups -OCH3 is 1. The number of ether oxygens (including phenoxy) is 1. The Morgan fingerprint density at radius 3 is 2.86 bits per heavy atom. The van der Waals surface area contributed by atoms with Gasteiger partial charge in [0.05, 0.1) is 7.11 Å². The summed E-state index contributed by atoms with van der Waals surface area (Å²) in [4.78, 5) is 40.8. The number of rotatable bonds is 10. The van der Waals surface area contributed by atoms with Gasteiger partial charge in [-0.05, 0) is 49.3 Å². The van der Waals surface area contributed by atoms with Crippen LogP contribution in [-0.4, -0.2) is 42.3 Å². The van der Waals surface area contributed by atoms with Gasteiger partial charge in [0.2, 0.25) is 5.91 Å². The molecule has 7 heteroatoms. The molecule has 2 aromatic heterocycles. The minimum atomic E-state index is -0.307. The fraction of sp³-hybridized carbons (Fsp3) is 0.476. The number of carbonyl (C=O) groups is 3. The summed E-state index contributed by atoms with van der Waals surface area (Å²) in [5.41, 5.74) is 0. The fourth-order valence-electron chi connectivity index (χ4n) is 3.57. The Morgan fingerprint density at radius 2 is 2.11 bits per heavy atom. The Labute approximate surface area is 173 Å². The van der Waals surface area contributed by atoms with Crippen LogP contribution in [0.2, 0.25) is 0 Å². The van der Waals surface area contributed by atoms with Crippen LogP contribution in [-0.2, 0) is 27.2 Å². The van der Waals surface area contributed by atoms with E-state index in [2.05, 4.69) is 0 Å². The van der Waals surface area contributed by atoms with Crippen LogP contribution in [0.1, 0.15) is 51.5 Å². The van der Waals surface area contributed by atoms with E-state index in [-0.39, 0.29) is 23.7 Å². The standard InChI is InChI=1S/C21H25NO4S2/c1-26-21(25)19-10-9-17(28-19)4-2-12-22-15(7-11-20(22)24)6-8-16(23)14-18-5-3-13-27-18/h3,5,9-10,13,15H,2,4,6-8,11-12,14H2,1H3/t15-/m0/s1. The Bertz CT molecular complexity index is 812. The normalized spacial score (nSPS) is 16.5. The summed E-state index contributed by atoms with van der Waals surface area (Å²) in [6.07, 6.45) is 4.88. The van der Waals surface area contributed by atoms with Crippen molar-refractivity contribution in [1.29, 1.82) is 0 Å². The van der Waals surface area contributed by atoms with Gasteiger partial charge in [-0.3, -0.25) is 9.59 Å². The number of likely N-dealkylation sites (tertiary alicyclic amines) is 1. The predicted molar refractivity (Wildman–Crippen MR) is 111 cm³/mol. The zero-order valence-electron chi connectivity index (χ0n) is 16.0. The number of nitrogens with zero attached hydrogens (tertiary/aromatic N) is 1. The highest BCUT2D eigenvalue weighted by Gasteiger charge is 2.30. The second-order valence-corrected chi connectivity index (χ2v) is 9.17. The van der Waals surface area contributed by atoms with Crippen LogP contribution < -0.4 is 0 Å². The Hall–Kier alpha value is -1.99. The van der Waals surface area contributed by atoms with Crippen molar-refractivity contribution in [3.05, 3.63) is 44.3 Å². The van der Waals surface area contributed by atoms with E-state index in [1.165, 1.54) is 18.4 Å². The first-order valence-corrected chi connectivity index (χ1v) is 11.3. The van der Waals surface area contributed by atoms with Crippen LogP contribution in [0.4, 0.5) is 0 Å². The highest BCUT2D eigenvalue weighted by atomic mass is 32.1. The number of aryl methyl sites for hydroxylation is 1. The van der Waals surface area contributed by atoms with E-state index < -0.39 is 0 Å². The average molecular weight is 420 g/mol. The molecule has 3 heterocycles. The lowest BCUT2D eigenvalue weighted by Crippen LogP contribution is -2.34. The second kappa shape index (κ2) is 9.98. The predicted octanol–water partition coefficient (Wildman–Crippen LogP) is 4.11. The summed E-state index contributed by atoms with van der Waals surface area (Å²) in [6, 6.07) is 7.86. The van der Waals surface area contributed by atoms with E-state index in [1.807, 2.05) is 28.5 Å². The molecule has 1 aliphatic rings. The number of carbonyl (C=O) groups excluding carboxylic acids is 3. The van der Waals surface area contributed by atoms with Crippen molar-refractivity contribution in [3.63, 3.8) is 0 Å². The number of thiophene rings is 2. The van der Waals surface area contributed by atoms with Crippen molar-refractivity contribution >= 4 is 40.3 Å². The first-order chi connectivity index (χ1) is 13.6. The van der Waals surface area contributed by atoms with Gasteiger partial charge in [-0.2, -0.15) is 0 Å². The summed E-state index contributed by atoms with van der Waals surface area (Å²) in [6.45, 7) is 0.702. The molecule has 1 saturated heterocycles. The number of hydrogen-bond donors (Lipinski definition) is 0. The van der Waals surface area contributed by atoms with Gasteiger partial charge in [0.15, 0.2) is 0 Å². The molecule has 2 aromatic rings. The van der Waals surface area contributed by atoms with E-state index in [1.54, 1.807) is 17.4 Å². The maximum absolute atomic E-state index is 12.2. The summed E-state index contributed by atoms with van der Waals surface area (Å²) in [7, 11) is 1.38. The lowest BCUT2D eigenvalue weighted by Gasteiger charge is -2.24. The van der Waals surface area contributed by atoms with Gasteiger partial charge in [-0.25, -0.2) is 4.79 Å². The maximum atomic E-state index is 12.2. The number of Topliss-reactive ketones (excluding diaryl/α,β-unsaturated/α-hetero) is 1. The van der Waals surface area contributed by atoms with Gasteiger partial charge in [0.25, 0.3) is 0 Å². The van der Waals surface area contributed by atoms with E-state index in [4.69, 9.17) is 4.74 Å². The molecule has 28 heavy (non-hydrogen) atoms. The molecule has 0 radical (unpaired) electrons. The van der Waals surface area contributed by atoms with Gasteiger partial charge in [-0.1, -0.05) is 6.07 Å². The summed E-state index contributed by atoms with van der Waals surface area (Å²) in [5.74, 6) is 0.131. The quantitative estimate of drug-likeness (QED) is 0.544. The first-order valence-electron chi connectivity index (χ1n) is 9.57. The number of hydrogen-bond acceptors (Lipinski definition) is 6. The van der Waals surface area contributed by atoms with Crippen LogP contribution in [0.3, 0.4) is 0 Å². The molecule has 0 aromatic carbocycles. The van der Waals surface area contributed by atoms with Crippen LogP contribution in [0, 0.1) is 0 Å². The molecule has 150 valence electrons. The fourth-order valence-corrected chi connectivity index (χ4v) is 5.27. The molecular weight excluding hydrogens is 394 g/mol. The van der Waals surface area contributed by atoms with Gasteiger partial charge in [-0.15, -0.1) is 22.7 Å². The SMILES string of the molecule is COC(=O)c1ccc(CCCN2C(=O)CC[C@@H]2CCC(=O)Cc2cccs2)s1. The van der Waals surface area contributed by atoms with Crippen molar-refractivity contribution in [2.24, 2.45) is 0 Å². The van der Waals surface area contributed by atoms with Crippen molar-refractivity contribution in [2.75, 3.05) is 13.7 Å². The molecule has 0 saturated carbocycles. The lowest BCUT2D eigenvalue weighted by atomic mass is 10.0. The zero-order valence-corrected chi connectivity index (χ0v) is 17.7. The third-order valence-electron chi connectivity index (χ3n) is 5.03. The van der Waals surface area contributed by atoms with Crippen LogP contribution in [0.5, 0.6) is 0 Å². The number of esters is 1.